The first-order valence-corrected chi connectivity index (χ1v) is 6.69. The fourth-order valence-electron chi connectivity index (χ4n) is 2.31. The van der Waals surface area contributed by atoms with E-state index in [4.69, 9.17) is 11.6 Å². The first kappa shape index (κ1) is 13.3. The van der Waals surface area contributed by atoms with Crippen LogP contribution in [-0.2, 0) is 0 Å². The summed E-state index contributed by atoms with van der Waals surface area (Å²) in [7, 11) is 0. The molecule has 2 rings (SSSR count). The van der Waals surface area contributed by atoms with Gasteiger partial charge in [-0.1, -0.05) is 61.2 Å². The van der Waals surface area contributed by atoms with Crippen molar-refractivity contribution < 1.29 is 9.90 Å². The molecule has 1 aromatic carbocycles. The van der Waals surface area contributed by atoms with Gasteiger partial charge in [-0.2, -0.15) is 0 Å². The van der Waals surface area contributed by atoms with Gasteiger partial charge in [0, 0.05) is 11.6 Å². The molecular formula is C15H17ClO2. The molecule has 0 aromatic heterocycles. The summed E-state index contributed by atoms with van der Waals surface area (Å²) in [5, 5.41) is 10.7. The minimum absolute atomic E-state index is 0.153. The Bertz CT molecular complexity index is 445. The van der Waals surface area contributed by atoms with Gasteiger partial charge in [0.05, 0.1) is 5.03 Å². The molecule has 0 amide bonds. The summed E-state index contributed by atoms with van der Waals surface area (Å²) >= 11 is 6.14. The Labute approximate surface area is 112 Å². The molecule has 1 aliphatic rings. The van der Waals surface area contributed by atoms with Gasteiger partial charge in [0.15, 0.2) is 5.78 Å². The summed E-state index contributed by atoms with van der Waals surface area (Å²) in [6, 6.07) is 8.97. The van der Waals surface area contributed by atoms with Crippen molar-refractivity contribution in [2.75, 3.05) is 0 Å². The van der Waals surface area contributed by atoms with Crippen molar-refractivity contribution in [2.24, 2.45) is 0 Å². The number of ketones is 1. The third-order valence-electron chi connectivity index (χ3n) is 3.44. The van der Waals surface area contributed by atoms with Crippen LogP contribution in [0.1, 0.15) is 42.5 Å². The van der Waals surface area contributed by atoms with Gasteiger partial charge >= 0.3 is 0 Å². The molecule has 96 valence electrons. The highest BCUT2D eigenvalue weighted by Crippen LogP contribution is 2.36. The van der Waals surface area contributed by atoms with Crippen LogP contribution in [0.25, 0.3) is 0 Å². The molecule has 0 heterocycles. The average molecular weight is 265 g/mol. The number of carbonyl (C=O) groups excluding carboxylic acids is 1. The summed E-state index contributed by atoms with van der Waals surface area (Å²) in [5.74, 6) is -0.153. The molecule has 1 saturated carbocycles. The SMILES string of the molecule is O=C(/C=C(\Cl)C1(O)CCCCC1)c1ccccc1. The topological polar surface area (TPSA) is 37.3 Å². The molecule has 0 aliphatic heterocycles. The van der Waals surface area contributed by atoms with E-state index in [2.05, 4.69) is 0 Å². The highest BCUT2D eigenvalue weighted by molar-refractivity contribution is 6.32. The Kier molecular flexibility index (Phi) is 4.20. The summed E-state index contributed by atoms with van der Waals surface area (Å²) in [6.45, 7) is 0. The van der Waals surface area contributed by atoms with Gasteiger partial charge in [-0.05, 0) is 12.8 Å². The largest absolute Gasteiger partial charge is 0.384 e. The smallest absolute Gasteiger partial charge is 0.187 e. The number of rotatable bonds is 3. The number of carbonyl (C=O) groups is 1. The summed E-state index contributed by atoms with van der Waals surface area (Å²) in [5.41, 5.74) is -0.403. The van der Waals surface area contributed by atoms with Gasteiger partial charge < -0.3 is 5.11 Å². The normalized spacial score (nSPS) is 19.6. The quantitative estimate of drug-likeness (QED) is 0.668. The third kappa shape index (κ3) is 3.01. The predicted molar refractivity (Wildman–Crippen MR) is 72.7 cm³/mol. The lowest BCUT2D eigenvalue weighted by Gasteiger charge is -2.31. The van der Waals surface area contributed by atoms with E-state index in [1.165, 1.54) is 6.08 Å². The van der Waals surface area contributed by atoms with Crippen molar-refractivity contribution in [3.05, 3.63) is 47.0 Å². The maximum atomic E-state index is 12.0. The molecule has 1 aromatic rings. The van der Waals surface area contributed by atoms with E-state index in [1.807, 2.05) is 18.2 Å². The molecule has 0 atom stereocenters. The first-order valence-electron chi connectivity index (χ1n) is 6.31. The fourth-order valence-corrected chi connectivity index (χ4v) is 2.60. The number of aliphatic hydroxyl groups is 1. The molecule has 0 radical (unpaired) electrons. The molecular weight excluding hydrogens is 248 g/mol. The second-order valence-electron chi connectivity index (χ2n) is 4.81. The number of hydrogen-bond donors (Lipinski definition) is 1. The lowest BCUT2D eigenvalue weighted by molar-refractivity contribution is 0.0463. The zero-order chi connectivity index (χ0) is 13.0. The van der Waals surface area contributed by atoms with E-state index in [0.29, 0.717) is 18.4 Å². The van der Waals surface area contributed by atoms with Gasteiger partial charge in [-0.15, -0.1) is 0 Å². The van der Waals surface area contributed by atoms with Gasteiger partial charge in [0.1, 0.15) is 5.60 Å². The van der Waals surface area contributed by atoms with Gasteiger partial charge in [0.2, 0.25) is 0 Å². The Hall–Kier alpha value is -1.12. The molecule has 1 fully saturated rings. The third-order valence-corrected chi connectivity index (χ3v) is 3.90. The zero-order valence-corrected chi connectivity index (χ0v) is 11.0. The molecule has 0 unspecified atom stereocenters. The van der Waals surface area contributed by atoms with E-state index in [-0.39, 0.29) is 10.8 Å². The first-order chi connectivity index (χ1) is 8.62. The minimum Gasteiger partial charge on any atom is -0.384 e. The standard InChI is InChI=1S/C15H17ClO2/c16-14(15(18)9-5-2-6-10-15)11-13(17)12-7-3-1-4-8-12/h1,3-4,7-8,11,18H,2,5-6,9-10H2/b14-11-. The molecule has 18 heavy (non-hydrogen) atoms. The van der Waals surface area contributed by atoms with E-state index >= 15 is 0 Å². The molecule has 3 heteroatoms. The van der Waals surface area contributed by atoms with Crippen LogP contribution in [-0.4, -0.2) is 16.5 Å². The van der Waals surface area contributed by atoms with E-state index in [0.717, 1.165) is 19.3 Å². The Morgan fingerprint density at radius 2 is 1.78 bits per heavy atom. The Balaban J connectivity index is 2.15. The highest BCUT2D eigenvalue weighted by atomic mass is 35.5. The summed E-state index contributed by atoms with van der Waals surface area (Å²) < 4.78 is 0. The van der Waals surface area contributed by atoms with Crippen LogP contribution in [0, 0.1) is 0 Å². The van der Waals surface area contributed by atoms with Crippen LogP contribution in [0.4, 0.5) is 0 Å². The van der Waals surface area contributed by atoms with Crippen molar-refractivity contribution in [1.29, 1.82) is 0 Å². The number of allylic oxidation sites excluding steroid dienone is 1. The van der Waals surface area contributed by atoms with Crippen LogP contribution in [0.15, 0.2) is 41.4 Å². The summed E-state index contributed by atoms with van der Waals surface area (Å²) in [4.78, 5) is 12.0. The molecule has 1 aliphatic carbocycles. The van der Waals surface area contributed by atoms with Gasteiger partial charge in [0.25, 0.3) is 0 Å². The molecule has 1 N–H and O–H groups in total. The Morgan fingerprint density at radius 3 is 2.39 bits per heavy atom. The van der Waals surface area contributed by atoms with Crippen molar-refractivity contribution in [3.63, 3.8) is 0 Å². The van der Waals surface area contributed by atoms with Crippen molar-refractivity contribution in [2.45, 2.75) is 37.7 Å². The minimum atomic E-state index is -0.996. The second-order valence-corrected chi connectivity index (χ2v) is 5.22. The number of hydrogen-bond acceptors (Lipinski definition) is 2. The van der Waals surface area contributed by atoms with Crippen molar-refractivity contribution >= 4 is 17.4 Å². The van der Waals surface area contributed by atoms with E-state index < -0.39 is 5.60 Å². The van der Waals surface area contributed by atoms with Crippen LogP contribution >= 0.6 is 11.6 Å². The van der Waals surface area contributed by atoms with Crippen LogP contribution < -0.4 is 0 Å². The van der Waals surface area contributed by atoms with E-state index in [1.54, 1.807) is 12.1 Å². The van der Waals surface area contributed by atoms with Gasteiger partial charge in [-0.3, -0.25) is 4.79 Å². The molecule has 0 bridgehead atoms. The van der Waals surface area contributed by atoms with E-state index in [9.17, 15) is 9.90 Å². The highest BCUT2D eigenvalue weighted by Gasteiger charge is 2.32. The molecule has 2 nitrogen and oxygen atoms in total. The second kappa shape index (κ2) is 5.68. The van der Waals surface area contributed by atoms with Crippen LogP contribution in [0.5, 0.6) is 0 Å². The predicted octanol–water partition coefficient (Wildman–Crippen LogP) is 3.69. The number of halogens is 1. The number of benzene rings is 1. The van der Waals surface area contributed by atoms with Crippen molar-refractivity contribution in [3.8, 4) is 0 Å². The monoisotopic (exact) mass is 264 g/mol. The fraction of sp³-hybridized carbons (Fsp3) is 0.400. The lowest BCUT2D eigenvalue weighted by Crippen LogP contribution is -2.32. The average Bonchev–Trinajstić information content (AvgIpc) is 2.40. The zero-order valence-electron chi connectivity index (χ0n) is 10.2. The lowest BCUT2D eigenvalue weighted by atomic mass is 9.84. The Morgan fingerprint density at radius 1 is 1.17 bits per heavy atom. The molecule has 0 saturated heterocycles. The van der Waals surface area contributed by atoms with Crippen molar-refractivity contribution in [1.82, 2.24) is 0 Å². The maximum Gasteiger partial charge on any atom is 0.187 e. The molecule has 0 spiro atoms. The van der Waals surface area contributed by atoms with Crippen LogP contribution in [0.2, 0.25) is 0 Å². The van der Waals surface area contributed by atoms with Crippen LogP contribution in [0.3, 0.4) is 0 Å². The van der Waals surface area contributed by atoms with Gasteiger partial charge in [-0.25, -0.2) is 0 Å². The maximum absolute atomic E-state index is 12.0. The summed E-state index contributed by atoms with van der Waals surface area (Å²) in [6.07, 6.45) is 5.69.